The molecule has 0 amide bonds. The van der Waals surface area contributed by atoms with Gasteiger partial charge in [-0.15, -0.1) is 0 Å². The summed E-state index contributed by atoms with van der Waals surface area (Å²) in [7, 11) is 0. The van der Waals surface area contributed by atoms with Crippen molar-refractivity contribution in [2.24, 2.45) is 0 Å². The average molecular weight is 265 g/mol. The number of hydrogen-bond acceptors (Lipinski definition) is 2. The summed E-state index contributed by atoms with van der Waals surface area (Å²) in [5.41, 5.74) is 2.85. The molecule has 0 bridgehead atoms. The van der Waals surface area contributed by atoms with Crippen LogP contribution in [0.25, 0.3) is 10.9 Å². The molecular weight excluding hydrogens is 250 g/mol. The molecule has 0 atom stereocenters. The first-order chi connectivity index (χ1) is 9.88. The molecule has 3 aromatic rings. The lowest BCUT2D eigenvalue weighted by Crippen LogP contribution is -2.01. The molecule has 0 spiro atoms. The van der Waals surface area contributed by atoms with Crippen molar-refractivity contribution >= 4 is 17.2 Å². The van der Waals surface area contributed by atoms with Crippen LogP contribution in [-0.2, 0) is 18.1 Å². The molecule has 3 nitrogen and oxygen atoms in total. The molecular formula is C17H15NO2. The van der Waals surface area contributed by atoms with Gasteiger partial charge in [0, 0.05) is 17.1 Å². The number of carbonyl (C=O) groups is 1. The predicted octanol–water partition coefficient (Wildman–Crippen LogP) is 3.63. The standard InChI is InChI=1S/C17H15NO2/c19-11-15-10-18(17-9-5-4-8-16(15)17)13-20-12-14-6-2-1-3-7-14/h1-11H,12-13H2. The Morgan fingerprint density at radius 1 is 1.00 bits per heavy atom. The van der Waals surface area contributed by atoms with Crippen LogP contribution in [0.2, 0.25) is 0 Å². The van der Waals surface area contributed by atoms with Gasteiger partial charge in [0.2, 0.25) is 0 Å². The van der Waals surface area contributed by atoms with Crippen molar-refractivity contribution in [3.63, 3.8) is 0 Å². The molecule has 0 aliphatic carbocycles. The Morgan fingerprint density at radius 2 is 1.75 bits per heavy atom. The van der Waals surface area contributed by atoms with Crippen LogP contribution in [0.3, 0.4) is 0 Å². The molecule has 1 aromatic heterocycles. The molecule has 100 valence electrons. The molecule has 0 N–H and O–H groups in total. The highest BCUT2D eigenvalue weighted by Crippen LogP contribution is 2.20. The van der Waals surface area contributed by atoms with Crippen LogP contribution < -0.4 is 0 Å². The third-order valence-corrected chi connectivity index (χ3v) is 3.29. The van der Waals surface area contributed by atoms with Crippen molar-refractivity contribution in [2.75, 3.05) is 0 Å². The topological polar surface area (TPSA) is 31.2 Å². The van der Waals surface area contributed by atoms with Gasteiger partial charge in [0.25, 0.3) is 0 Å². The zero-order valence-corrected chi connectivity index (χ0v) is 11.0. The van der Waals surface area contributed by atoms with E-state index >= 15 is 0 Å². The Labute approximate surface area is 117 Å². The summed E-state index contributed by atoms with van der Waals surface area (Å²) >= 11 is 0. The van der Waals surface area contributed by atoms with E-state index in [4.69, 9.17) is 4.74 Å². The van der Waals surface area contributed by atoms with Crippen LogP contribution in [0.5, 0.6) is 0 Å². The summed E-state index contributed by atoms with van der Waals surface area (Å²) in [5, 5.41) is 0.964. The monoisotopic (exact) mass is 265 g/mol. The van der Waals surface area contributed by atoms with E-state index in [0.717, 1.165) is 22.8 Å². The van der Waals surface area contributed by atoms with Crippen molar-refractivity contribution in [2.45, 2.75) is 13.3 Å². The van der Waals surface area contributed by atoms with Gasteiger partial charge in [-0.1, -0.05) is 48.5 Å². The van der Waals surface area contributed by atoms with Gasteiger partial charge >= 0.3 is 0 Å². The van der Waals surface area contributed by atoms with E-state index in [1.54, 1.807) is 0 Å². The molecule has 20 heavy (non-hydrogen) atoms. The van der Waals surface area contributed by atoms with E-state index < -0.39 is 0 Å². The summed E-state index contributed by atoms with van der Waals surface area (Å²) in [4.78, 5) is 11.1. The van der Waals surface area contributed by atoms with Gasteiger partial charge in [0.1, 0.15) is 6.73 Å². The van der Waals surface area contributed by atoms with Crippen LogP contribution in [-0.4, -0.2) is 10.9 Å². The molecule has 0 aliphatic heterocycles. The second kappa shape index (κ2) is 5.72. The van der Waals surface area contributed by atoms with Gasteiger partial charge < -0.3 is 9.30 Å². The number of nitrogens with zero attached hydrogens (tertiary/aromatic N) is 1. The van der Waals surface area contributed by atoms with Crippen LogP contribution in [0.15, 0.2) is 60.8 Å². The molecule has 0 saturated heterocycles. The fraction of sp³-hybridized carbons (Fsp3) is 0.118. The van der Waals surface area contributed by atoms with Crippen molar-refractivity contribution in [1.29, 1.82) is 0 Å². The van der Waals surface area contributed by atoms with E-state index in [0.29, 0.717) is 18.9 Å². The van der Waals surface area contributed by atoms with Gasteiger partial charge in [0.15, 0.2) is 6.29 Å². The van der Waals surface area contributed by atoms with E-state index in [2.05, 4.69) is 0 Å². The molecule has 3 heteroatoms. The third kappa shape index (κ3) is 2.49. The van der Waals surface area contributed by atoms with E-state index in [1.807, 2.05) is 65.4 Å². The Bertz CT molecular complexity index is 716. The first-order valence-electron chi connectivity index (χ1n) is 6.53. The first kappa shape index (κ1) is 12.6. The minimum Gasteiger partial charge on any atom is -0.356 e. The highest BCUT2D eigenvalue weighted by molar-refractivity contribution is 5.97. The SMILES string of the molecule is O=Cc1cn(COCc2ccccc2)c2ccccc12. The number of benzene rings is 2. The predicted molar refractivity (Wildman–Crippen MR) is 78.6 cm³/mol. The lowest BCUT2D eigenvalue weighted by Gasteiger charge is -2.07. The van der Waals surface area contributed by atoms with Crippen LogP contribution >= 0.6 is 0 Å². The average Bonchev–Trinajstić information content (AvgIpc) is 2.87. The smallest absolute Gasteiger partial charge is 0.152 e. The number of hydrogen-bond donors (Lipinski definition) is 0. The highest BCUT2D eigenvalue weighted by Gasteiger charge is 2.06. The third-order valence-electron chi connectivity index (χ3n) is 3.29. The number of carbonyl (C=O) groups excluding carboxylic acids is 1. The lowest BCUT2D eigenvalue weighted by molar-refractivity contribution is 0.0667. The van der Waals surface area contributed by atoms with Crippen molar-refractivity contribution < 1.29 is 9.53 Å². The summed E-state index contributed by atoms with van der Waals surface area (Å²) in [6.07, 6.45) is 2.72. The maximum absolute atomic E-state index is 11.1. The quantitative estimate of drug-likeness (QED) is 0.660. The fourth-order valence-electron chi connectivity index (χ4n) is 2.31. The minimum atomic E-state index is 0.434. The second-order valence-corrected chi connectivity index (χ2v) is 4.65. The Morgan fingerprint density at radius 3 is 2.55 bits per heavy atom. The number of aldehydes is 1. The van der Waals surface area contributed by atoms with Crippen LogP contribution in [0.4, 0.5) is 0 Å². The number of rotatable bonds is 5. The van der Waals surface area contributed by atoms with Crippen LogP contribution in [0, 0.1) is 0 Å². The van der Waals surface area contributed by atoms with Crippen molar-refractivity contribution in [3.05, 3.63) is 71.9 Å². The van der Waals surface area contributed by atoms with Crippen molar-refractivity contribution in [3.8, 4) is 0 Å². The van der Waals surface area contributed by atoms with Gasteiger partial charge in [0.05, 0.1) is 12.1 Å². The van der Waals surface area contributed by atoms with E-state index in [1.165, 1.54) is 0 Å². The van der Waals surface area contributed by atoms with Gasteiger partial charge in [-0.25, -0.2) is 0 Å². The maximum atomic E-state index is 11.1. The van der Waals surface area contributed by atoms with Crippen LogP contribution in [0.1, 0.15) is 15.9 Å². The largest absolute Gasteiger partial charge is 0.356 e. The minimum absolute atomic E-state index is 0.434. The highest BCUT2D eigenvalue weighted by atomic mass is 16.5. The molecule has 0 radical (unpaired) electrons. The number of fused-ring (bicyclic) bond motifs is 1. The molecule has 3 rings (SSSR count). The zero-order valence-electron chi connectivity index (χ0n) is 11.0. The zero-order chi connectivity index (χ0) is 13.8. The van der Waals surface area contributed by atoms with Gasteiger partial charge in [-0.3, -0.25) is 4.79 Å². The fourth-order valence-corrected chi connectivity index (χ4v) is 2.31. The first-order valence-corrected chi connectivity index (χ1v) is 6.53. The molecule has 0 unspecified atom stereocenters. The van der Waals surface area contributed by atoms with E-state index in [9.17, 15) is 4.79 Å². The maximum Gasteiger partial charge on any atom is 0.152 e. The lowest BCUT2D eigenvalue weighted by atomic mass is 10.2. The second-order valence-electron chi connectivity index (χ2n) is 4.65. The van der Waals surface area contributed by atoms with Crippen molar-refractivity contribution in [1.82, 2.24) is 4.57 Å². The Kier molecular flexibility index (Phi) is 3.61. The summed E-state index contributed by atoms with van der Waals surface area (Å²) < 4.78 is 7.68. The number of para-hydroxylation sites is 1. The summed E-state index contributed by atoms with van der Waals surface area (Å²) in [6.45, 7) is 0.993. The van der Waals surface area contributed by atoms with E-state index in [-0.39, 0.29) is 0 Å². The molecule has 0 fully saturated rings. The number of aromatic nitrogens is 1. The molecule has 0 aliphatic rings. The normalized spacial score (nSPS) is 10.8. The van der Waals surface area contributed by atoms with Gasteiger partial charge in [-0.2, -0.15) is 0 Å². The molecule has 2 aromatic carbocycles. The molecule has 1 heterocycles. The number of ether oxygens (including phenoxy) is 1. The Hall–Kier alpha value is -2.39. The molecule has 0 saturated carbocycles. The van der Waals surface area contributed by atoms with Gasteiger partial charge in [-0.05, 0) is 11.6 Å². The Balaban J connectivity index is 1.76. The summed E-state index contributed by atoms with van der Waals surface area (Å²) in [6, 6.07) is 17.9. The summed E-state index contributed by atoms with van der Waals surface area (Å²) in [5.74, 6) is 0.